The van der Waals surface area contributed by atoms with Gasteiger partial charge in [0.1, 0.15) is 5.75 Å². The quantitative estimate of drug-likeness (QED) is 0.892. The van der Waals surface area contributed by atoms with Crippen molar-refractivity contribution < 1.29 is 4.74 Å². The van der Waals surface area contributed by atoms with Crippen molar-refractivity contribution >= 4 is 0 Å². The van der Waals surface area contributed by atoms with Gasteiger partial charge in [-0.1, -0.05) is 25.1 Å². The zero-order chi connectivity index (χ0) is 13.1. The molecule has 1 atom stereocenters. The minimum Gasteiger partial charge on any atom is -0.493 e. The summed E-state index contributed by atoms with van der Waals surface area (Å²) in [4.78, 5) is 0. The fourth-order valence-corrected chi connectivity index (χ4v) is 2.52. The molecular weight excluding hydrogens is 238 g/mol. The predicted molar refractivity (Wildman–Crippen MR) is 74.3 cm³/mol. The molecule has 0 saturated carbocycles. The van der Waals surface area contributed by atoms with E-state index in [1.54, 1.807) is 0 Å². The third-order valence-electron chi connectivity index (χ3n) is 3.55. The lowest BCUT2D eigenvalue weighted by Gasteiger charge is -2.12. The van der Waals surface area contributed by atoms with Gasteiger partial charge in [0, 0.05) is 24.2 Å². The van der Waals surface area contributed by atoms with Gasteiger partial charge >= 0.3 is 0 Å². The van der Waals surface area contributed by atoms with Crippen LogP contribution >= 0.6 is 0 Å². The van der Waals surface area contributed by atoms with Crippen LogP contribution in [0.3, 0.4) is 0 Å². The lowest BCUT2D eigenvalue weighted by molar-refractivity contribution is 0.313. The third kappa shape index (κ3) is 2.49. The summed E-state index contributed by atoms with van der Waals surface area (Å²) >= 11 is 0. The number of benzene rings is 1. The molecule has 0 bridgehead atoms. The first-order chi connectivity index (χ1) is 9.38. The van der Waals surface area contributed by atoms with Crippen molar-refractivity contribution in [2.45, 2.75) is 25.9 Å². The maximum absolute atomic E-state index is 5.72. The Labute approximate surface area is 113 Å². The second-order valence-electron chi connectivity index (χ2n) is 4.83. The Morgan fingerprint density at radius 2 is 2.26 bits per heavy atom. The van der Waals surface area contributed by atoms with Crippen LogP contribution in [-0.4, -0.2) is 22.9 Å². The van der Waals surface area contributed by atoms with Crippen LogP contribution in [-0.2, 0) is 13.1 Å². The Balaban J connectivity index is 1.74. The molecule has 4 heteroatoms. The Hall–Kier alpha value is -1.81. The first kappa shape index (κ1) is 12.2. The van der Waals surface area contributed by atoms with E-state index in [0.717, 1.165) is 32.0 Å². The molecule has 19 heavy (non-hydrogen) atoms. The zero-order valence-electron chi connectivity index (χ0n) is 11.2. The Morgan fingerprint density at radius 1 is 1.37 bits per heavy atom. The van der Waals surface area contributed by atoms with Crippen LogP contribution in [0.25, 0.3) is 0 Å². The first-order valence-electron chi connectivity index (χ1n) is 6.81. The number of hydrogen-bond donors (Lipinski definition) is 1. The third-order valence-corrected chi connectivity index (χ3v) is 3.55. The average Bonchev–Trinajstić information content (AvgIpc) is 3.05. The van der Waals surface area contributed by atoms with Crippen LogP contribution in [0.15, 0.2) is 36.5 Å². The van der Waals surface area contributed by atoms with Crippen LogP contribution in [0.4, 0.5) is 0 Å². The fraction of sp³-hybridized carbons (Fsp3) is 0.400. The number of rotatable bonds is 5. The lowest BCUT2D eigenvalue weighted by atomic mass is 10.0. The van der Waals surface area contributed by atoms with E-state index in [4.69, 9.17) is 4.74 Å². The molecule has 0 radical (unpaired) electrons. The van der Waals surface area contributed by atoms with E-state index in [0.29, 0.717) is 5.92 Å². The molecular formula is C15H19N3O. The number of hydrogen-bond acceptors (Lipinski definition) is 3. The molecule has 2 heterocycles. The second-order valence-corrected chi connectivity index (χ2v) is 4.83. The molecule has 1 unspecified atom stereocenters. The van der Waals surface area contributed by atoms with Gasteiger partial charge in [-0.05, 0) is 18.7 Å². The summed E-state index contributed by atoms with van der Waals surface area (Å²) in [5, 5.41) is 7.77. The number of nitrogens with one attached hydrogen (secondary N) is 1. The Morgan fingerprint density at radius 3 is 3.16 bits per heavy atom. The van der Waals surface area contributed by atoms with Gasteiger partial charge in [0.2, 0.25) is 0 Å². The van der Waals surface area contributed by atoms with Crippen molar-refractivity contribution in [3.05, 3.63) is 47.8 Å². The molecule has 0 spiro atoms. The van der Waals surface area contributed by atoms with Crippen molar-refractivity contribution in [3.63, 3.8) is 0 Å². The van der Waals surface area contributed by atoms with E-state index < -0.39 is 0 Å². The van der Waals surface area contributed by atoms with E-state index in [-0.39, 0.29) is 0 Å². The van der Waals surface area contributed by atoms with Crippen LogP contribution < -0.4 is 10.1 Å². The summed E-state index contributed by atoms with van der Waals surface area (Å²) in [7, 11) is 0. The zero-order valence-corrected chi connectivity index (χ0v) is 11.2. The van der Waals surface area contributed by atoms with E-state index in [2.05, 4.69) is 40.2 Å². The van der Waals surface area contributed by atoms with E-state index in [1.807, 2.05) is 18.3 Å². The molecule has 1 aromatic carbocycles. The van der Waals surface area contributed by atoms with Gasteiger partial charge in [0.15, 0.2) is 0 Å². The predicted octanol–water partition coefficient (Wildman–Crippen LogP) is 2.17. The fourth-order valence-electron chi connectivity index (χ4n) is 2.52. The molecule has 2 aromatic rings. The number of aromatic nitrogens is 2. The van der Waals surface area contributed by atoms with Gasteiger partial charge < -0.3 is 10.1 Å². The molecule has 1 N–H and O–H groups in total. The van der Waals surface area contributed by atoms with E-state index >= 15 is 0 Å². The monoisotopic (exact) mass is 257 g/mol. The van der Waals surface area contributed by atoms with Crippen LogP contribution in [0, 0.1) is 0 Å². The van der Waals surface area contributed by atoms with Crippen molar-refractivity contribution in [3.8, 4) is 5.75 Å². The number of ether oxygens (including phenoxy) is 1. The number of para-hydroxylation sites is 1. The van der Waals surface area contributed by atoms with E-state index in [1.165, 1.54) is 11.3 Å². The molecule has 0 aliphatic carbocycles. The topological polar surface area (TPSA) is 39.1 Å². The maximum Gasteiger partial charge on any atom is 0.122 e. The summed E-state index contributed by atoms with van der Waals surface area (Å²) in [6, 6.07) is 10.4. The standard InChI is InChI=1S/C15H19N3O/c1-2-16-9-13-7-8-17-18(13)10-12-11-19-15-6-4-3-5-14(12)15/h3-8,12,16H,2,9-11H2,1H3. The molecule has 0 fully saturated rings. The Kier molecular flexibility index (Phi) is 3.51. The van der Waals surface area contributed by atoms with Crippen molar-refractivity contribution in [2.75, 3.05) is 13.2 Å². The molecule has 1 aromatic heterocycles. The SMILES string of the molecule is CCNCc1ccnn1CC1COc2ccccc21. The summed E-state index contributed by atoms with van der Waals surface area (Å²) in [5.41, 5.74) is 2.53. The van der Waals surface area contributed by atoms with Crippen LogP contribution in [0.2, 0.25) is 0 Å². The van der Waals surface area contributed by atoms with Crippen molar-refractivity contribution in [1.29, 1.82) is 0 Å². The highest BCUT2D eigenvalue weighted by Crippen LogP contribution is 2.34. The van der Waals surface area contributed by atoms with Crippen LogP contribution in [0.5, 0.6) is 5.75 Å². The van der Waals surface area contributed by atoms with Gasteiger partial charge in [0.25, 0.3) is 0 Å². The maximum atomic E-state index is 5.72. The van der Waals surface area contributed by atoms with Gasteiger partial charge in [-0.15, -0.1) is 0 Å². The average molecular weight is 257 g/mol. The van der Waals surface area contributed by atoms with Gasteiger partial charge in [-0.2, -0.15) is 5.10 Å². The van der Waals surface area contributed by atoms with E-state index in [9.17, 15) is 0 Å². The van der Waals surface area contributed by atoms with Crippen molar-refractivity contribution in [1.82, 2.24) is 15.1 Å². The normalized spacial score (nSPS) is 17.2. The summed E-state index contributed by atoms with van der Waals surface area (Å²) in [5.74, 6) is 1.42. The van der Waals surface area contributed by atoms with Gasteiger partial charge in [-0.3, -0.25) is 4.68 Å². The van der Waals surface area contributed by atoms with Gasteiger partial charge in [-0.25, -0.2) is 0 Å². The highest BCUT2D eigenvalue weighted by Gasteiger charge is 2.24. The number of nitrogens with zero attached hydrogens (tertiary/aromatic N) is 2. The molecule has 4 nitrogen and oxygen atoms in total. The highest BCUT2D eigenvalue weighted by atomic mass is 16.5. The largest absolute Gasteiger partial charge is 0.493 e. The summed E-state index contributed by atoms with van der Waals surface area (Å²) in [6.07, 6.45) is 1.87. The van der Waals surface area contributed by atoms with Crippen molar-refractivity contribution in [2.24, 2.45) is 0 Å². The van der Waals surface area contributed by atoms with Gasteiger partial charge in [0.05, 0.1) is 18.8 Å². The highest BCUT2D eigenvalue weighted by molar-refractivity contribution is 5.39. The van der Waals surface area contributed by atoms with Crippen LogP contribution in [0.1, 0.15) is 24.1 Å². The molecule has 1 aliphatic heterocycles. The minimum atomic E-state index is 0.400. The Bertz CT molecular complexity index is 550. The summed E-state index contributed by atoms with van der Waals surface area (Å²) < 4.78 is 7.81. The molecule has 0 amide bonds. The smallest absolute Gasteiger partial charge is 0.122 e. The molecule has 0 saturated heterocycles. The molecule has 3 rings (SSSR count). The number of fused-ring (bicyclic) bond motifs is 1. The minimum absolute atomic E-state index is 0.400. The second kappa shape index (κ2) is 5.45. The molecule has 100 valence electrons. The first-order valence-corrected chi connectivity index (χ1v) is 6.81. The summed E-state index contributed by atoms with van der Waals surface area (Å²) in [6.45, 7) is 5.58. The lowest BCUT2D eigenvalue weighted by Crippen LogP contribution is -2.19. The molecule has 1 aliphatic rings.